The minimum Gasteiger partial charge on any atom is -0.431 e. The molecule has 7 nitrogen and oxygen atoms in total. The van der Waals surface area contributed by atoms with Crippen LogP contribution in [-0.4, -0.2) is 58.1 Å². The maximum absolute atomic E-state index is 12.8. The van der Waals surface area contributed by atoms with Crippen LogP contribution >= 0.6 is 0 Å². The Labute approximate surface area is 185 Å². The Bertz CT molecular complexity index is 989. The fraction of sp³-hybridized carbons (Fsp3) is 0.652. The van der Waals surface area contributed by atoms with Crippen LogP contribution in [0.25, 0.3) is 11.3 Å². The van der Waals surface area contributed by atoms with Crippen molar-refractivity contribution in [2.75, 3.05) is 25.5 Å². The summed E-state index contributed by atoms with van der Waals surface area (Å²) >= 11 is 0. The lowest BCUT2D eigenvalue weighted by atomic mass is 9.89. The van der Waals surface area contributed by atoms with Crippen molar-refractivity contribution >= 4 is 5.82 Å². The molecule has 3 atom stereocenters. The summed E-state index contributed by atoms with van der Waals surface area (Å²) in [6.07, 6.45) is 8.71. The molecule has 2 aliphatic carbocycles. The molecule has 2 N–H and O–H groups in total. The number of alkyl halides is 2. The Hall–Kier alpha value is -2.26. The smallest absolute Gasteiger partial charge is 0.387 e. The summed E-state index contributed by atoms with van der Waals surface area (Å²) in [5, 5.41) is 4.98. The summed E-state index contributed by atoms with van der Waals surface area (Å²) in [5.41, 5.74) is 8.44. The number of piperidine rings is 1. The third-order valence-corrected chi connectivity index (χ3v) is 7.88. The third-order valence-electron chi connectivity index (χ3n) is 7.88. The second kappa shape index (κ2) is 7.95. The molecular weight excluding hydrogens is 416 g/mol. The first-order valence-corrected chi connectivity index (χ1v) is 11.7. The number of likely N-dealkylation sites (tertiary alicyclic amines) is 1. The van der Waals surface area contributed by atoms with Crippen molar-refractivity contribution in [1.29, 1.82) is 0 Å². The maximum atomic E-state index is 12.8. The van der Waals surface area contributed by atoms with Gasteiger partial charge in [-0.05, 0) is 43.7 Å². The highest BCUT2D eigenvalue weighted by atomic mass is 19.3. The van der Waals surface area contributed by atoms with Gasteiger partial charge in [-0.2, -0.15) is 13.9 Å². The number of fused-ring (bicyclic) bond motifs is 2. The van der Waals surface area contributed by atoms with E-state index in [1.807, 2.05) is 0 Å². The van der Waals surface area contributed by atoms with Crippen molar-refractivity contribution < 1.29 is 18.3 Å². The topological polar surface area (TPSA) is 78.4 Å². The van der Waals surface area contributed by atoms with E-state index < -0.39 is 6.61 Å². The van der Waals surface area contributed by atoms with E-state index in [1.165, 1.54) is 31.0 Å². The number of pyridine rings is 1. The fourth-order valence-electron chi connectivity index (χ4n) is 6.27. The van der Waals surface area contributed by atoms with Gasteiger partial charge in [-0.1, -0.05) is 12.8 Å². The van der Waals surface area contributed by atoms with Crippen molar-refractivity contribution in [2.45, 2.75) is 69.2 Å². The molecule has 4 heterocycles. The van der Waals surface area contributed by atoms with E-state index in [4.69, 9.17) is 15.6 Å². The molecule has 4 fully saturated rings. The molecule has 0 radical (unpaired) electrons. The molecule has 4 aliphatic rings. The average molecular weight is 446 g/mol. The zero-order valence-corrected chi connectivity index (χ0v) is 18.0. The quantitative estimate of drug-likeness (QED) is 0.728. The number of nitrogens with zero attached hydrogens (tertiary/aromatic N) is 4. The van der Waals surface area contributed by atoms with Gasteiger partial charge in [0.15, 0.2) is 11.6 Å². The van der Waals surface area contributed by atoms with Gasteiger partial charge in [0.05, 0.1) is 31.0 Å². The number of nitrogen functional groups attached to an aromatic ring is 1. The first-order valence-electron chi connectivity index (χ1n) is 11.7. The van der Waals surface area contributed by atoms with E-state index in [0.717, 1.165) is 44.7 Å². The van der Waals surface area contributed by atoms with E-state index in [9.17, 15) is 8.78 Å². The number of halogens is 2. The lowest BCUT2D eigenvalue weighted by Crippen LogP contribution is -2.52. The number of aromatic nitrogens is 3. The van der Waals surface area contributed by atoms with Crippen LogP contribution in [-0.2, 0) is 4.74 Å². The van der Waals surface area contributed by atoms with E-state index in [-0.39, 0.29) is 11.6 Å². The highest BCUT2D eigenvalue weighted by Crippen LogP contribution is 2.50. The molecule has 172 valence electrons. The SMILES string of the molecule is Nc1ncc(-c2cc([C@@H]3CC4C[C@H]3CN4C3COC3)n(C3CCCC3)n2)cc1OC(F)F. The third kappa shape index (κ3) is 3.46. The lowest BCUT2D eigenvalue weighted by Gasteiger charge is -2.41. The van der Waals surface area contributed by atoms with Gasteiger partial charge < -0.3 is 15.2 Å². The van der Waals surface area contributed by atoms with E-state index in [1.54, 1.807) is 6.20 Å². The zero-order valence-electron chi connectivity index (χ0n) is 18.0. The number of hydrogen-bond donors (Lipinski definition) is 1. The molecule has 0 aromatic carbocycles. The Morgan fingerprint density at radius 2 is 1.91 bits per heavy atom. The van der Waals surface area contributed by atoms with Crippen LogP contribution in [0.3, 0.4) is 0 Å². The standard InChI is InChI=1S/C23H29F2N5O2/c24-23(25)32-21-6-13(9-27-22(21)26)19-8-20(30(28-19)15-3-1-2-4-15)18-7-16-5-14(18)10-29(16)17-11-31-12-17/h6,8-9,14-18,23H,1-5,7,10-12H2,(H2,26,27)/t14-,16?,18+/m0/s1. The predicted molar refractivity (Wildman–Crippen MR) is 115 cm³/mol. The van der Waals surface area contributed by atoms with Crippen LogP contribution < -0.4 is 10.5 Å². The van der Waals surface area contributed by atoms with Gasteiger partial charge in [0.2, 0.25) is 0 Å². The van der Waals surface area contributed by atoms with Crippen LogP contribution in [0.15, 0.2) is 18.3 Å². The molecule has 2 aliphatic heterocycles. The number of ether oxygens (including phenoxy) is 2. The largest absolute Gasteiger partial charge is 0.431 e. The van der Waals surface area contributed by atoms with Crippen molar-refractivity contribution in [3.8, 4) is 17.0 Å². The normalized spacial score (nSPS) is 28.7. The van der Waals surface area contributed by atoms with Crippen LogP contribution in [0.4, 0.5) is 14.6 Å². The Morgan fingerprint density at radius 1 is 1.09 bits per heavy atom. The monoisotopic (exact) mass is 445 g/mol. The minimum absolute atomic E-state index is 0.0438. The minimum atomic E-state index is -2.95. The second-order valence-corrected chi connectivity index (χ2v) is 9.70. The van der Waals surface area contributed by atoms with E-state index in [2.05, 4.69) is 25.4 Å². The summed E-state index contributed by atoms with van der Waals surface area (Å²) in [4.78, 5) is 6.73. The highest BCUT2D eigenvalue weighted by Gasteiger charge is 2.49. The lowest BCUT2D eigenvalue weighted by molar-refractivity contribution is -0.0757. The number of hydrogen-bond acceptors (Lipinski definition) is 6. The first kappa shape index (κ1) is 20.4. The van der Waals surface area contributed by atoms with Crippen molar-refractivity contribution in [1.82, 2.24) is 19.7 Å². The molecule has 0 spiro atoms. The number of anilines is 1. The van der Waals surface area contributed by atoms with Gasteiger partial charge in [-0.3, -0.25) is 9.58 Å². The average Bonchev–Trinajstić information content (AvgIpc) is 3.50. The zero-order chi connectivity index (χ0) is 21.8. The van der Waals surface area contributed by atoms with Gasteiger partial charge in [0, 0.05) is 36.0 Å². The van der Waals surface area contributed by atoms with Crippen molar-refractivity contribution in [3.63, 3.8) is 0 Å². The number of rotatable bonds is 6. The molecule has 2 saturated heterocycles. The Morgan fingerprint density at radius 3 is 2.56 bits per heavy atom. The Balaban J connectivity index is 1.32. The van der Waals surface area contributed by atoms with Crippen LogP contribution in [0.2, 0.25) is 0 Å². The van der Waals surface area contributed by atoms with Gasteiger partial charge in [-0.15, -0.1) is 0 Å². The Kier molecular flexibility index (Phi) is 5.06. The van der Waals surface area contributed by atoms with Gasteiger partial charge in [-0.25, -0.2) is 4.98 Å². The summed E-state index contributed by atoms with van der Waals surface area (Å²) in [5.74, 6) is 0.968. The summed E-state index contributed by atoms with van der Waals surface area (Å²) in [7, 11) is 0. The summed E-state index contributed by atoms with van der Waals surface area (Å²) in [6, 6.07) is 5.31. The van der Waals surface area contributed by atoms with Crippen molar-refractivity contribution in [2.24, 2.45) is 5.92 Å². The first-order chi connectivity index (χ1) is 15.6. The molecule has 32 heavy (non-hydrogen) atoms. The molecule has 2 aromatic rings. The molecular formula is C23H29F2N5O2. The van der Waals surface area contributed by atoms with Gasteiger partial charge in [0.1, 0.15) is 0 Å². The number of nitrogens with two attached hydrogens (primary N) is 1. The molecule has 1 unspecified atom stereocenters. The molecule has 2 aromatic heterocycles. The van der Waals surface area contributed by atoms with Crippen LogP contribution in [0.5, 0.6) is 5.75 Å². The van der Waals surface area contributed by atoms with E-state index >= 15 is 0 Å². The molecule has 0 amide bonds. The molecule has 9 heteroatoms. The maximum Gasteiger partial charge on any atom is 0.387 e. The van der Waals surface area contributed by atoms with Gasteiger partial charge in [0.25, 0.3) is 0 Å². The predicted octanol–water partition coefficient (Wildman–Crippen LogP) is 3.82. The molecule has 2 saturated carbocycles. The van der Waals surface area contributed by atoms with Gasteiger partial charge >= 0.3 is 6.61 Å². The van der Waals surface area contributed by atoms with E-state index in [0.29, 0.717) is 35.5 Å². The van der Waals surface area contributed by atoms with Crippen LogP contribution in [0, 0.1) is 5.92 Å². The second-order valence-electron chi connectivity index (χ2n) is 9.70. The van der Waals surface area contributed by atoms with Crippen molar-refractivity contribution in [3.05, 3.63) is 24.0 Å². The molecule has 2 bridgehead atoms. The summed E-state index contributed by atoms with van der Waals surface area (Å²) in [6.45, 7) is -0.0835. The van der Waals surface area contributed by atoms with Crippen LogP contribution in [0.1, 0.15) is 56.2 Å². The molecule has 6 rings (SSSR count). The highest BCUT2D eigenvalue weighted by molar-refractivity contribution is 5.64. The summed E-state index contributed by atoms with van der Waals surface area (Å²) < 4.78 is 37.8. The fourth-order valence-corrected chi connectivity index (χ4v) is 6.27.